The molecule has 2 saturated heterocycles. The number of nitrogens with one attached hydrogen (secondary N) is 2. The number of anilines is 3. The maximum absolute atomic E-state index is 12.9. The van der Waals surface area contributed by atoms with Gasteiger partial charge in [0.1, 0.15) is 11.6 Å². The van der Waals surface area contributed by atoms with Crippen LogP contribution >= 0.6 is 0 Å². The van der Waals surface area contributed by atoms with Crippen LogP contribution in [0.1, 0.15) is 51.0 Å². The molecule has 3 N–H and O–H groups in total. The van der Waals surface area contributed by atoms with Crippen LogP contribution in [0.25, 0.3) is 11.1 Å². The second-order valence-electron chi connectivity index (χ2n) is 12.0. The van der Waals surface area contributed by atoms with E-state index in [1.807, 2.05) is 31.2 Å². The molecule has 3 aliphatic rings. The first-order valence-electron chi connectivity index (χ1n) is 14.5. The first-order chi connectivity index (χ1) is 19.5. The highest BCUT2D eigenvalue weighted by atomic mass is 19.4. The fourth-order valence-corrected chi connectivity index (χ4v) is 6.09. The Labute approximate surface area is 239 Å². The van der Waals surface area contributed by atoms with Crippen LogP contribution in [0.15, 0.2) is 30.3 Å². The van der Waals surface area contributed by atoms with Gasteiger partial charge < -0.3 is 30.3 Å². The minimum Gasteiger partial charge on any atom is -0.393 e. The van der Waals surface area contributed by atoms with Crippen molar-refractivity contribution in [3.8, 4) is 11.1 Å². The molecule has 0 unspecified atom stereocenters. The van der Waals surface area contributed by atoms with Gasteiger partial charge in [0.25, 0.3) is 0 Å². The Bertz CT molecular complexity index is 1230. The molecule has 224 valence electrons. The molecular weight excluding hydrogens is 535 g/mol. The van der Waals surface area contributed by atoms with Gasteiger partial charge in [-0.1, -0.05) is 6.07 Å². The third kappa shape index (κ3) is 7.62. The summed E-state index contributed by atoms with van der Waals surface area (Å²) in [5, 5.41) is 16.6. The fourth-order valence-electron chi connectivity index (χ4n) is 6.09. The second-order valence-corrected chi connectivity index (χ2v) is 12.0. The van der Waals surface area contributed by atoms with Crippen LogP contribution in [0.5, 0.6) is 0 Å². The van der Waals surface area contributed by atoms with E-state index in [1.165, 1.54) is 4.90 Å². The Morgan fingerprint density at radius 2 is 1.85 bits per heavy atom. The molecule has 1 atom stereocenters. The first kappa shape index (κ1) is 29.4. The smallest absolute Gasteiger partial charge is 0.389 e. The number of likely N-dealkylation sites (tertiary alicyclic amines) is 1. The van der Waals surface area contributed by atoms with Crippen molar-refractivity contribution in [2.75, 3.05) is 54.9 Å². The topological polar surface area (TPSA) is 90.0 Å². The standard InChI is InChI=1S/C30H40F3N5O3/c1-20-3-4-23(34-28(40)38-10-7-21(19-38)18-30(31,32)33)17-25(20)22-15-26(36-29(2)8-5-24(39)6-9-29)35-27(16-22)37-11-13-41-14-12-37/h3-4,15-17,21,24,39H,5-14,18-19H2,1-2H3,(H,34,40)(H,35,36)/t21-,24-,29+/m0/s1. The minimum atomic E-state index is -4.23. The number of ether oxygens (including phenoxy) is 1. The number of halogens is 3. The third-order valence-electron chi connectivity index (χ3n) is 8.53. The number of hydrogen-bond acceptors (Lipinski definition) is 6. The maximum Gasteiger partial charge on any atom is 0.389 e. The monoisotopic (exact) mass is 575 g/mol. The molecule has 5 rings (SSSR count). The lowest BCUT2D eigenvalue weighted by Gasteiger charge is -2.37. The molecule has 8 nitrogen and oxygen atoms in total. The Hall–Kier alpha value is -3.05. The number of hydrogen-bond donors (Lipinski definition) is 3. The number of rotatable bonds is 6. The number of nitrogens with zero attached hydrogens (tertiary/aromatic N) is 3. The third-order valence-corrected chi connectivity index (χ3v) is 8.53. The Kier molecular flexibility index (Phi) is 8.65. The molecule has 0 bridgehead atoms. The summed E-state index contributed by atoms with van der Waals surface area (Å²) in [6.45, 7) is 7.32. The van der Waals surface area contributed by atoms with Crippen molar-refractivity contribution in [3.63, 3.8) is 0 Å². The van der Waals surface area contributed by atoms with Crippen molar-refractivity contribution in [2.24, 2.45) is 5.92 Å². The van der Waals surface area contributed by atoms with E-state index in [1.54, 1.807) is 0 Å². The molecule has 0 radical (unpaired) electrons. The molecule has 1 aromatic carbocycles. The zero-order chi connectivity index (χ0) is 29.2. The van der Waals surface area contributed by atoms with Crippen LogP contribution in [-0.2, 0) is 4.74 Å². The maximum atomic E-state index is 12.9. The van der Waals surface area contributed by atoms with Crippen LogP contribution < -0.4 is 15.5 Å². The van der Waals surface area contributed by atoms with E-state index in [-0.39, 0.29) is 24.2 Å². The predicted octanol–water partition coefficient (Wildman–Crippen LogP) is 5.81. The Morgan fingerprint density at radius 1 is 1.12 bits per heavy atom. The fraction of sp³-hybridized carbons (Fsp3) is 0.600. The van der Waals surface area contributed by atoms with Crippen LogP contribution in [0, 0.1) is 12.8 Å². The van der Waals surface area contributed by atoms with Gasteiger partial charge in [-0.2, -0.15) is 13.2 Å². The van der Waals surface area contributed by atoms with Gasteiger partial charge in [-0.15, -0.1) is 0 Å². The summed E-state index contributed by atoms with van der Waals surface area (Å²) in [4.78, 5) is 21.6. The van der Waals surface area contributed by atoms with E-state index >= 15 is 0 Å². The van der Waals surface area contributed by atoms with E-state index in [2.05, 4.69) is 28.5 Å². The number of aliphatic hydroxyl groups is 1. The molecule has 2 aromatic rings. The molecule has 41 heavy (non-hydrogen) atoms. The molecule has 3 heterocycles. The molecule has 1 aliphatic carbocycles. The highest BCUT2D eigenvalue weighted by Crippen LogP contribution is 2.36. The lowest BCUT2D eigenvalue weighted by molar-refractivity contribution is -0.143. The highest BCUT2D eigenvalue weighted by molar-refractivity contribution is 5.91. The largest absolute Gasteiger partial charge is 0.393 e. The van der Waals surface area contributed by atoms with Crippen LogP contribution in [-0.4, -0.2) is 78.2 Å². The van der Waals surface area contributed by atoms with Crippen LogP contribution in [0.2, 0.25) is 0 Å². The van der Waals surface area contributed by atoms with E-state index < -0.39 is 18.5 Å². The molecule has 11 heteroatoms. The highest BCUT2D eigenvalue weighted by Gasteiger charge is 2.36. The van der Waals surface area contributed by atoms with Gasteiger partial charge in [0, 0.05) is 43.8 Å². The zero-order valence-corrected chi connectivity index (χ0v) is 23.8. The number of pyridine rings is 1. The molecule has 0 spiro atoms. The number of morpholine rings is 1. The number of urea groups is 1. The number of aryl methyl sites for hydroxylation is 1. The van der Waals surface area contributed by atoms with Crippen molar-refractivity contribution >= 4 is 23.4 Å². The van der Waals surface area contributed by atoms with Gasteiger partial charge in [0.2, 0.25) is 0 Å². The van der Waals surface area contributed by atoms with E-state index in [9.17, 15) is 23.1 Å². The van der Waals surface area contributed by atoms with Crippen molar-refractivity contribution in [2.45, 2.75) is 70.2 Å². The zero-order valence-electron chi connectivity index (χ0n) is 23.8. The van der Waals surface area contributed by atoms with Gasteiger partial charge in [-0.3, -0.25) is 0 Å². The summed E-state index contributed by atoms with van der Waals surface area (Å²) in [7, 11) is 0. The summed E-state index contributed by atoms with van der Waals surface area (Å²) < 4.78 is 44.0. The van der Waals surface area contributed by atoms with Gasteiger partial charge in [-0.25, -0.2) is 9.78 Å². The molecule has 3 fully saturated rings. The van der Waals surface area contributed by atoms with Crippen molar-refractivity contribution in [3.05, 3.63) is 35.9 Å². The second kappa shape index (κ2) is 12.1. The van der Waals surface area contributed by atoms with Crippen molar-refractivity contribution in [1.82, 2.24) is 9.88 Å². The Morgan fingerprint density at radius 3 is 2.56 bits per heavy atom. The minimum absolute atomic E-state index is 0.0994. The Balaban J connectivity index is 1.38. The van der Waals surface area contributed by atoms with Gasteiger partial charge in [-0.05, 0) is 92.8 Å². The lowest BCUT2D eigenvalue weighted by Crippen LogP contribution is -2.41. The molecule has 2 amide bonds. The summed E-state index contributed by atoms with van der Waals surface area (Å²) in [6, 6.07) is 9.36. The summed E-state index contributed by atoms with van der Waals surface area (Å²) in [5.74, 6) is 1.03. The van der Waals surface area contributed by atoms with Gasteiger partial charge in [0.05, 0.1) is 19.3 Å². The average molecular weight is 576 g/mol. The van der Waals surface area contributed by atoms with E-state index in [4.69, 9.17) is 9.72 Å². The SMILES string of the molecule is Cc1ccc(NC(=O)N2CC[C@@H](CC(F)(F)F)C2)cc1-c1cc(N[C@]2(C)CC[C@H](O)CC2)nc(N2CCOCC2)c1. The molecule has 1 saturated carbocycles. The molecule has 2 aliphatic heterocycles. The van der Waals surface area contributed by atoms with Crippen molar-refractivity contribution in [1.29, 1.82) is 0 Å². The number of aromatic nitrogens is 1. The van der Waals surface area contributed by atoms with E-state index in [0.717, 1.165) is 67.1 Å². The number of amides is 2. The summed E-state index contributed by atoms with van der Waals surface area (Å²) in [5.41, 5.74) is 3.30. The van der Waals surface area contributed by atoms with E-state index in [0.29, 0.717) is 31.9 Å². The van der Waals surface area contributed by atoms with Gasteiger partial charge >= 0.3 is 12.2 Å². The number of benzene rings is 1. The molecule has 1 aromatic heterocycles. The van der Waals surface area contributed by atoms with Crippen molar-refractivity contribution < 1.29 is 27.8 Å². The number of carbonyl (C=O) groups excluding carboxylic acids is 1. The number of aliphatic hydroxyl groups excluding tert-OH is 1. The normalized spacial score (nSPS) is 25.3. The number of alkyl halides is 3. The van der Waals surface area contributed by atoms with Crippen LogP contribution in [0.4, 0.5) is 35.3 Å². The van der Waals surface area contributed by atoms with Crippen LogP contribution in [0.3, 0.4) is 0 Å². The lowest BCUT2D eigenvalue weighted by atomic mass is 9.82. The first-order valence-corrected chi connectivity index (χ1v) is 14.5. The summed E-state index contributed by atoms with van der Waals surface area (Å²) in [6.07, 6.45) is -1.83. The van der Waals surface area contributed by atoms with Gasteiger partial charge in [0.15, 0.2) is 0 Å². The summed E-state index contributed by atoms with van der Waals surface area (Å²) >= 11 is 0. The molecular formula is C30H40F3N5O3. The quantitative estimate of drug-likeness (QED) is 0.403. The average Bonchev–Trinajstić information content (AvgIpc) is 3.39. The predicted molar refractivity (Wildman–Crippen MR) is 153 cm³/mol. The number of carbonyl (C=O) groups is 1.